The zero-order chi connectivity index (χ0) is 17.7. The van der Waals surface area contributed by atoms with Crippen molar-refractivity contribution in [3.8, 4) is 5.75 Å². The monoisotopic (exact) mass is 339 g/mol. The molecule has 0 saturated heterocycles. The molecule has 24 heavy (non-hydrogen) atoms. The van der Waals surface area contributed by atoms with E-state index in [1.54, 1.807) is 0 Å². The van der Waals surface area contributed by atoms with Gasteiger partial charge in [-0.15, -0.1) is 0 Å². The number of nitrogens with two attached hydrogens (primary N) is 1. The molecule has 0 amide bonds. The summed E-state index contributed by atoms with van der Waals surface area (Å²) in [6.45, 7) is -3.15. The van der Waals surface area contributed by atoms with Gasteiger partial charge in [0.25, 0.3) is 0 Å². The molecule has 0 fully saturated rings. The maximum Gasteiger partial charge on any atom is 0.387 e. The van der Waals surface area contributed by atoms with E-state index in [1.807, 2.05) is 0 Å². The first-order valence-electron chi connectivity index (χ1n) is 6.53. The molecule has 0 aliphatic heterocycles. The zero-order valence-corrected chi connectivity index (χ0v) is 12.4. The van der Waals surface area contributed by atoms with E-state index in [-0.39, 0.29) is 22.6 Å². The summed E-state index contributed by atoms with van der Waals surface area (Å²) in [5.41, 5.74) is 5.21. The second-order valence-corrected chi connectivity index (χ2v) is 4.45. The van der Waals surface area contributed by atoms with Crippen molar-refractivity contribution in [2.24, 2.45) is 0 Å². The Morgan fingerprint density at radius 3 is 2.54 bits per heavy atom. The van der Waals surface area contributed by atoms with Gasteiger partial charge in [0.2, 0.25) is 5.95 Å². The normalized spacial score (nSPS) is 11.5. The van der Waals surface area contributed by atoms with Crippen LogP contribution in [0.4, 0.5) is 19.1 Å². The molecule has 0 aliphatic rings. The van der Waals surface area contributed by atoms with Gasteiger partial charge in [-0.05, 0) is 24.3 Å². The lowest BCUT2D eigenvalue weighted by molar-refractivity contribution is -0.0500. The van der Waals surface area contributed by atoms with Crippen LogP contribution in [0.3, 0.4) is 0 Å². The number of rotatable bonds is 5. The van der Waals surface area contributed by atoms with Gasteiger partial charge in [0, 0.05) is 18.0 Å². The van der Waals surface area contributed by atoms with E-state index in [0.717, 1.165) is 25.3 Å². The number of esters is 1. The summed E-state index contributed by atoms with van der Waals surface area (Å²) in [4.78, 5) is 18.9. The molecule has 0 aliphatic carbocycles. The molecule has 2 N–H and O–H groups in total. The molecule has 0 atom stereocenters. The number of hydrogen-bond acceptors (Lipinski definition) is 6. The van der Waals surface area contributed by atoms with Gasteiger partial charge in [0.15, 0.2) is 0 Å². The van der Waals surface area contributed by atoms with Gasteiger partial charge in [-0.25, -0.2) is 19.2 Å². The fourth-order valence-corrected chi connectivity index (χ4v) is 1.81. The summed E-state index contributed by atoms with van der Waals surface area (Å²) in [5, 5.41) is 0. The largest absolute Gasteiger partial charge is 0.465 e. The maximum absolute atomic E-state index is 14.5. The molecular weight excluding hydrogens is 327 g/mol. The topological polar surface area (TPSA) is 87.3 Å². The minimum atomic E-state index is -3.15. The van der Waals surface area contributed by atoms with Gasteiger partial charge in [-0.3, -0.25) is 0 Å². The molecule has 2 aromatic rings. The molecule has 0 unspecified atom stereocenters. The van der Waals surface area contributed by atoms with Crippen LogP contribution in [0.25, 0.3) is 11.9 Å². The molecule has 6 nitrogen and oxygen atoms in total. The first-order valence-corrected chi connectivity index (χ1v) is 6.53. The van der Waals surface area contributed by atoms with E-state index in [9.17, 15) is 18.0 Å². The van der Waals surface area contributed by atoms with Crippen molar-refractivity contribution in [1.29, 1.82) is 0 Å². The average molecular weight is 339 g/mol. The van der Waals surface area contributed by atoms with Crippen molar-refractivity contribution in [2.45, 2.75) is 6.61 Å². The minimum absolute atomic E-state index is 0.00182. The molecule has 0 saturated carbocycles. The standard InChI is InChI=1S/C15H12F3N3O3/c1-23-13(22)9-2-3-12(24-14(17)18)10(5-9)11(16)4-8-6-20-15(19)21-7-8/h2-7,14H,1H3,(H2,19,20,21)/b11-4-. The molecular formula is C15H12F3N3O3. The van der Waals surface area contributed by atoms with Gasteiger partial charge >= 0.3 is 12.6 Å². The Labute approximate surface area is 134 Å². The zero-order valence-electron chi connectivity index (χ0n) is 12.4. The van der Waals surface area contributed by atoms with E-state index >= 15 is 0 Å². The Hall–Kier alpha value is -3.10. The Morgan fingerprint density at radius 2 is 1.96 bits per heavy atom. The highest BCUT2D eigenvalue weighted by atomic mass is 19.3. The van der Waals surface area contributed by atoms with E-state index < -0.39 is 24.2 Å². The first kappa shape index (κ1) is 17.3. The van der Waals surface area contributed by atoms with Crippen molar-refractivity contribution < 1.29 is 27.4 Å². The Morgan fingerprint density at radius 1 is 1.29 bits per heavy atom. The molecule has 2 rings (SSSR count). The number of methoxy groups -OCH3 is 1. The molecule has 1 aromatic heterocycles. The van der Waals surface area contributed by atoms with Crippen LogP contribution in [0.15, 0.2) is 30.6 Å². The lowest BCUT2D eigenvalue weighted by Crippen LogP contribution is -2.06. The van der Waals surface area contributed by atoms with Gasteiger partial charge < -0.3 is 15.2 Å². The van der Waals surface area contributed by atoms with Crippen LogP contribution in [-0.4, -0.2) is 29.7 Å². The fourth-order valence-electron chi connectivity index (χ4n) is 1.81. The summed E-state index contributed by atoms with van der Waals surface area (Å²) in [5.74, 6) is -2.10. The van der Waals surface area contributed by atoms with Crippen LogP contribution < -0.4 is 10.5 Å². The van der Waals surface area contributed by atoms with Crippen molar-refractivity contribution >= 4 is 23.8 Å². The van der Waals surface area contributed by atoms with Crippen molar-refractivity contribution in [3.05, 3.63) is 47.3 Å². The highest BCUT2D eigenvalue weighted by molar-refractivity contribution is 5.92. The highest BCUT2D eigenvalue weighted by Crippen LogP contribution is 2.31. The number of nitrogen functional groups attached to an aromatic ring is 1. The third kappa shape index (κ3) is 4.22. The van der Waals surface area contributed by atoms with Crippen molar-refractivity contribution in [3.63, 3.8) is 0 Å². The third-order valence-electron chi connectivity index (χ3n) is 2.86. The Balaban J connectivity index is 2.47. The number of halogens is 3. The lowest BCUT2D eigenvalue weighted by atomic mass is 10.1. The molecule has 0 bridgehead atoms. The van der Waals surface area contributed by atoms with Crippen LogP contribution in [0.1, 0.15) is 21.5 Å². The fraction of sp³-hybridized carbons (Fsp3) is 0.133. The van der Waals surface area contributed by atoms with E-state index in [1.165, 1.54) is 18.5 Å². The number of aromatic nitrogens is 2. The smallest absolute Gasteiger partial charge is 0.387 e. The highest BCUT2D eigenvalue weighted by Gasteiger charge is 2.17. The summed E-state index contributed by atoms with van der Waals surface area (Å²) in [6.07, 6.45) is 3.49. The predicted molar refractivity (Wildman–Crippen MR) is 79.8 cm³/mol. The van der Waals surface area contributed by atoms with Crippen molar-refractivity contribution in [2.75, 3.05) is 12.8 Å². The first-order chi connectivity index (χ1) is 11.4. The summed E-state index contributed by atoms with van der Waals surface area (Å²) < 4.78 is 48.2. The van der Waals surface area contributed by atoms with Gasteiger partial charge in [0.1, 0.15) is 11.6 Å². The van der Waals surface area contributed by atoms with Crippen LogP contribution in [0.5, 0.6) is 5.75 Å². The second-order valence-electron chi connectivity index (χ2n) is 4.45. The minimum Gasteiger partial charge on any atom is -0.465 e. The summed E-state index contributed by atoms with van der Waals surface area (Å²) in [6, 6.07) is 3.29. The second kappa shape index (κ2) is 7.44. The number of alkyl halides is 2. The third-order valence-corrected chi connectivity index (χ3v) is 2.86. The molecule has 126 valence electrons. The van der Waals surface area contributed by atoms with Crippen LogP contribution in [-0.2, 0) is 4.74 Å². The summed E-state index contributed by atoms with van der Waals surface area (Å²) >= 11 is 0. The van der Waals surface area contributed by atoms with Crippen LogP contribution in [0.2, 0.25) is 0 Å². The van der Waals surface area contributed by atoms with E-state index in [0.29, 0.717) is 0 Å². The van der Waals surface area contributed by atoms with E-state index in [4.69, 9.17) is 5.73 Å². The lowest BCUT2D eigenvalue weighted by Gasteiger charge is -2.11. The predicted octanol–water partition coefficient (Wildman–Crippen LogP) is 2.91. The average Bonchev–Trinajstić information content (AvgIpc) is 2.56. The SMILES string of the molecule is COC(=O)c1ccc(OC(F)F)c(/C(F)=C/c2cnc(N)nc2)c1. The van der Waals surface area contributed by atoms with E-state index in [2.05, 4.69) is 19.4 Å². The van der Waals surface area contributed by atoms with Gasteiger partial charge in [0.05, 0.1) is 18.2 Å². The molecule has 1 heterocycles. The Bertz CT molecular complexity index is 764. The van der Waals surface area contributed by atoms with Gasteiger partial charge in [-0.2, -0.15) is 8.78 Å². The molecule has 0 spiro atoms. The van der Waals surface area contributed by atoms with Crippen LogP contribution in [0, 0.1) is 0 Å². The van der Waals surface area contributed by atoms with Crippen LogP contribution >= 0.6 is 0 Å². The number of benzene rings is 1. The number of carbonyl (C=O) groups excluding carboxylic acids is 1. The number of ether oxygens (including phenoxy) is 2. The molecule has 1 aromatic carbocycles. The molecule has 0 radical (unpaired) electrons. The van der Waals surface area contributed by atoms with Crippen molar-refractivity contribution in [1.82, 2.24) is 9.97 Å². The number of hydrogen-bond donors (Lipinski definition) is 1. The Kier molecular flexibility index (Phi) is 5.35. The van der Waals surface area contributed by atoms with Gasteiger partial charge in [-0.1, -0.05) is 0 Å². The number of anilines is 1. The summed E-state index contributed by atoms with van der Waals surface area (Å²) in [7, 11) is 1.14. The number of nitrogens with zero attached hydrogens (tertiary/aromatic N) is 2. The number of carbonyl (C=O) groups is 1. The maximum atomic E-state index is 14.5. The quantitative estimate of drug-likeness (QED) is 0.843. The molecule has 9 heteroatoms.